The Balaban J connectivity index is 2.33. The van der Waals surface area contributed by atoms with Gasteiger partial charge in [0.25, 0.3) is 5.91 Å². The summed E-state index contributed by atoms with van der Waals surface area (Å²) in [6, 6.07) is 0.241. The Hall–Kier alpha value is -1.56. The van der Waals surface area contributed by atoms with Gasteiger partial charge < -0.3 is 15.5 Å². The Morgan fingerprint density at radius 3 is 2.71 bits per heavy atom. The number of carbonyl (C=O) groups is 1. The number of nitrogens with two attached hydrogens (primary N) is 1. The average Bonchev–Trinajstić information content (AvgIpc) is 2.64. The summed E-state index contributed by atoms with van der Waals surface area (Å²) in [6.45, 7) is 9.36. The van der Waals surface area contributed by atoms with E-state index in [0.717, 1.165) is 38.2 Å². The van der Waals surface area contributed by atoms with Crippen LogP contribution in [0.2, 0.25) is 0 Å². The van der Waals surface area contributed by atoms with Gasteiger partial charge in [-0.3, -0.25) is 9.48 Å². The fourth-order valence-corrected chi connectivity index (χ4v) is 3.05. The number of carbonyl (C=O) groups excluding carboxylic acids is 1. The van der Waals surface area contributed by atoms with Crippen molar-refractivity contribution in [1.29, 1.82) is 0 Å². The first kappa shape index (κ1) is 15.8. The van der Waals surface area contributed by atoms with Gasteiger partial charge in [-0.25, -0.2) is 0 Å². The van der Waals surface area contributed by atoms with E-state index in [-0.39, 0.29) is 11.9 Å². The van der Waals surface area contributed by atoms with Gasteiger partial charge in [0.1, 0.15) is 5.69 Å². The van der Waals surface area contributed by atoms with Crippen LogP contribution in [0.1, 0.15) is 42.9 Å². The highest BCUT2D eigenvalue weighted by atomic mass is 16.2. The third-order valence-corrected chi connectivity index (χ3v) is 4.31. The molecule has 0 spiro atoms. The van der Waals surface area contributed by atoms with E-state index >= 15 is 0 Å². The number of hydrogen-bond acceptors (Lipinski definition) is 4. The van der Waals surface area contributed by atoms with Crippen molar-refractivity contribution in [2.45, 2.75) is 46.2 Å². The molecule has 1 aromatic heterocycles. The van der Waals surface area contributed by atoms with Crippen LogP contribution in [0, 0.1) is 6.92 Å². The molecule has 1 aromatic rings. The van der Waals surface area contributed by atoms with Crippen molar-refractivity contribution in [1.82, 2.24) is 19.6 Å². The Morgan fingerprint density at radius 1 is 1.38 bits per heavy atom. The van der Waals surface area contributed by atoms with Gasteiger partial charge in [0.2, 0.25) is 0 Å². The minimum absolute atomic E-state index is 0.0251. The molecule has 1 aliphatic rings. The molecule has 1 amide bonds. The molecule has 0 aromatic carbocycles. The van der Waals surface area contributed by atoms with E-state index in [1.54, 1.807) is 4.68 Å². The largest absolute Gasteiger partial charge is 0.395 e. The Morgan fingerprint density at radius 2 is 2.10 bits per heavy atom. The molecule has 1 aliphatic heterocycles. The minimum atomic E-state index is 0.0251. The normalized spacial score (nSPS) is 20.6. The van der Waals surface area contributed by atoms with Crippen molar-refractivity contribution in [3.63, 3.8) is 0 Å². The zero-order valence-electron chi connectivity index (χ0n) is 13.6. The first-order valence-electron chi connectivity index (χ1n) is 7.81. The van der Waals surface area contributed by atoms with E-state index in [1.807, 2.05) is 18.7 Å². The molecule has 2 N–H and O–H groups in total. The molecule has 6 heteroatoms. The fourth-order valence-electron chi connectivity index (χ4n) is 3.05. The number of aryl methyl sites for hydroxylation is 2. The van der Waals surface area contributed by atoms with Crippen LogP contribution >= 0.6 is 0 Å². The number of nitrogens with zero attached hydrogens (tertiary/aromatic N) is 4. The second kappa shape index (κ2) is 6.47. The van der Waals surface area contributed by atoms with Gasteiger partial charge >= 0.3 is 0 Å². The summed E-state index contributed by atoms with van der Waals surface area (Å²) in [7, 11) is 2.12. The summed E-state index contributed by atoms with van der Waals surface area (Å²) in [5.74, 6) is 0.0251. The maximum Gasteiger partial charge on any atom is 0.274 e. The molecule has 0 radical (unpaired) electrons. The van der Waals surface area contributed by atoms with E-state index in [9.17, 15) is 4.79 Å². The quantitative estimate of drug-likeness (QED) is 0.913. The first-order valence-corrected chi connectivity index (χ1v) is 7.81. The molecule has 1 atom stereocenters. The van der Waals surface area contributed by atoms with Crippen molar-refractivity contribution in [3.8, 4) is 0 Å². The second-order valence-corrected chi connectivity index (χ2v) is 5.84. The predicted molar refractivity (Wildman–Crippen MR) is 84.3 cm³/mol. The molecular formula is C15H27N5O. The van der Waals surface area contributed by atoms with Crippen LogP contribution in [0.25, 0.3) is 0 Å². The highest BCUT2D eigenvalue weighted by Gasteiger charge is 2.30. The molecule has 0 bridgehead atoms. The highest BCUT2D eigenvalue weighted by molar-refractivity contribution is 5.98. The van der Waals surface area contributed by atoms with E-state index in [4.69, 9.17) is 5.73 Å². The van der Waals surface area contributed by atoms with Gasteiger partial charge in [-0.1, -0.05) is 6.92 Å². The van der Waals surface area contributed by atoms with Gasteiger partial charge in [0, 0.05) is 25.7 Å². The van der Waals surface area contributed by atoms with Crippen LogP contribution < -0.4 is 5.73 Å². The van der Waals surface area contributed by atoms with Gasteiger partial charge in [-0.15, -0.1) is 0 Å². The molecule has 1 unspecified atom stereocenters. The van der Waals surface area contributed by atoms with E-state index < -0.39 is 0 Å². The lowest BCUT2D eigenvalue weighted by molar-refractivity contribution is 0.0664. The van der Waals surface area contributed by atoms with Crippen molar-refractivity contribution in [2.24, 2.45) is 0 Å². The molecule has 6 nitrogen and oxygen atoms in total. The van der Waals surface area contributed by atoms with Crippen molar-refractivity contribution < 1.29 is 4.79 Å². The number of rotatable bonds is 3. The summed E-state index contributed by atoms with van der Waals surface area (Å²) in [5.41, 5.74) is 7.91. The molecule has 21 heavy (non-hydrogen) atoms. The lowest BCUT2D eigenvalue weighted by Crippen LogP contribution is -2.44. The number of aromatic nitrogens is 2. The van der Waals surface area contributed by atoms with Crippen LogP contribution in [0.3, 0.4) is 0 Å². The third kappa shape index (κ3) is 3.05. The van der Waals surface area contributed by atoms with Crippen molar-refractivity contribution in [2.75, 3.05) is 32.4 Å². The van der Waals surface area contributed by atoms with Gasteiger partial charge in [0.15, 0.2) is 0 Å². The van der Waals surface area contributed by atoms with Crippen LogP contribution in [-0.2, 0) is 6.54 Å². The zero-order valence-corrected chi connectivity index (χ0v) is 13.6. The molecule has 2 rings (SSSR count). The number of likely N-dealkylation sites (N-methyl/N-ethyl adjacent to an activating group) is 1. The molecule has 118 valence electrons. The predicted octanol–water partition coefficient (Wildman–Crippen LogP) is 1.35. The SMILES string of the molecule is CCC1CN(C)CCCN1C(=O)c1c(N)c(C)nn1CC. The minimum Gasteiger partial charge on any atom is -0.395 e. The van der Waals surface area contributed by atoms with E-state index in [2.05, 4.69) is 24.0 Å². The van der Waals surface area contributed by atoms with Crippen LogP contribution in [-0.4, -0.2) is 58.2 Å². The first-order chi connectivity index (χ1) is 9.99. The fraction of sp³-hybridized carbons (Fsp3) is 0.733. The van der Waals surface area contributed by atoms with Crippen LogP contribution in [0.15, 0.2) is 0 Å². The standard InChI is InChI=1S/C15H27N5O/c1-5-12-10-18(4)8-7-9-19(12)15(21)14-13(16)11(3)17-20(14)6-2/h12H,5-10,16H2,1-4H3. The lowest BCUT2D eigenvalue weighted by Gasteiger charge is -2.30. The molecular weight excluding hydrogens is 266 g/mol. The number of amides is 1. The highest BCUT2D eigenvalue weighted by Crippen LogP contribution is 2.22. The maximum atomic E-state index is 13.0. The molecule has 0 saturated carbocycles. The summed E-state index contributed by atoms with van der Waals surface area (Å²) in [6.07, 6.45) is 1.95. The number of nitrogen functional groups attached to an aromatic ring is 1. The summed E-state index contributed by atoms with van der Waals surface area (Å²) >= 11 is 0. The molecule has 1 fully saturated rings. The third-order valence-electron chi connectivity index (χ3n) is 4.31. The summed E-state index contributed by atoms with van der Waals surface area (Å²) in [4.78, 5) is 17.3. The average molecular weight is 293 g/mol. The number of hydrogen-bond donors (Lipinski definition) is 1. The molecule has 2 heterocycles. The van der Waals surface area contributed by atoms with Crippen LogP contribution in [0.5, 0.6) is 0 Å². The van der Waals surface area contributed by atoms with Crippen molar-refractivity contribution in [3.05, 3.63) is 11.4 Å². The zero-order chi connectivity index (χ0) is 15.6. The Labute approximate surface area is 126 Å². The molecule has 1 saturated heterocycles. The van der Waals surface area contributed by atoms with Gasteiger partial charge in [-0.2, -0.15) is 5.10 Å². The van der Waals surface area contributed by atoms with Gasteiger partial charge in [-0.05, 0) is 40.3 Å². The van der Waals surface area contributed by atoms with Gasteiger partial charge in [0.05, 0.1) is 11.4 Å². The maximum absolute atomic E-state index is 13.0. The summed E-state index contributed by atoms with van der Waals surface area (Å²) < 4.78 is 1.73. The lowest BCUT2D eigenvalue weighted by atomic mass is 10.1. The monoisotopic (exact) mass is 293 g/mol. The smallest absolute Gasteiger partial charge is 0.274 e. The van der Waals surface area contributed by atoms with Crippen LogP contribution in [0.4, 0.5) is 5.69 Å². The topological polar surface area (TPSA) is 67.4 Å². The Bertz CT molecular complexity index is 510. The van der Waals surface area contributed by atoms with Crippen molar-refractivity contribution >= 4 is 11.6 Å². The number of anilines is 1. The Kier molecular flexibility index (Phi) is 4.88. The second-order valence-electron chi connectivity index (χ2n) is 5.84. The van der Waals surface area contributed by atoms with E-state index in [0.29, 0.717) is 17.9 Å². The van der Waals surface area contributed by atoms with E-state index in [1.165, 1.54) is 0 Å². The molecule has 0 aliphatic carbocycles. The summed E-state index contributed by atoms with van der Waals surface area (Å²) in [5, 5.41) is 4.37.